The highest BCUT2D eigenvalue weighted by Gasteiger charge is 2.38. The number of aliphatic imine (C=N–C) groups is 1. The Morgan fingerprint density at radius 1 is 1.26 bits per heavy atom. The lowest BCUT2D eigenvalue weighted by atomic mass is 9.78. The molecular weight excluding hydrogens is 463 g/mol. The summed E-state index contributed by atoms with van der Waals surface area (Å²) in [6, 6.07) is 2.92. The molecule has 1 atom stereocenters. The summed E-state index contributed by atoms with van der Waals surface area (Å²) >= 11 is 0. The lowest BCUT2D eigenvalue weighted by Crippen LogP contribution is -2.44. The van der Waals surface area contributed by atoms with E-state index in [-0.39, 0.29) is 43.0 Å². The maximum absolute atomic E-state index is 14.7. The van der Waals surface area contributed by atoms with Crippen LogP contribution in [0.25, 0.3) is 11.0 Å². The van der Waals surface area contributed by atoms with Crippen LogP contribution in [0.4, 0.5) is 27.6 Å². The molecule has 1 aliphatic heterocycles. The quantitative estimate of drug-likeness (QED) is 0.439. The highest BCUT2D eigenvalue weighted by molar-refractivity contribution is 5.90. The first-order chi connectivity index (χ1) is 16.0. The molecule has 3 N–H and O–H groups in total. The Balaban J connectivity index is 1.59. The number of hydrogen-bond acceptors (Lipinski definition) is 6. The van der Waals surface area contributed by atoms with Gasteiger partial charge >= 0.3 is 6.18 Å². The van der Waals surface area contributed by atoms with Crippen molar-refractivity contribution in [2.24, 2.45) is 16.3 Å². The van der Waals surface area contributed by atoms with Gasteiger partial charge in [-0.15, -0.1) is 0 Å². The fourth-order valence-electron chi connectivity index (χ4n) is 3.53. The van der Waals surface area contributed by atoms with Crippen LogP contribution in [0.5, 0.6) is 11.5 Å². The molecule has 4 rings (SSSR count). The summed E-state index contributed by atoms with van der Waals surface area (Å²) in [5, 5.41) is 11.9. The number of rotatable bonds is 5. The van der Waals surface area contributed by atoms with Crippen molar-refractivity contribution in [3.63, 3.8) is 0 Å². The Kier molecular flexibility index (Phi) is 6.11. The minimum atomic E-state index is -4.73. The molecule has 1 aliphatic rings. The minimum Gasteiger partial charge on any atom is -0.464 e. The van der Waals surface area contributed by atoms with Crippen LogP contribution in [-0.2, 0) is 10.9 Å². The monoisotopic (exact) mass is 484 g/mol. The highest BCUT2D eigenvalue weighted by atomic mass is 19.4. The van der Waals surface area contributed by atoms with Crippen LogP contribution in [0.15, 0.2) is 35.6 Å². The standard InChI is InChI=1S/C22H21F5N4O3/c1-11(2)21(9-32)8-30-20(33-10-21)31-12-5-14(23)18(15(24)6-12)34-16-3-4-28-19-17(16)13(7-29-19)22(25,26)27/h3-7,11,32H,8-10H2,1-2H3,(H,28,29)(H,30,31)/t21-/m0/s1. The van der Waals surface area contributed by atoms with Gasteiger partial charge in [0.15, 0.2) is 17.4 Å². The summed E-state index contributed by atoms with van der Waals surface area (Å²) < 4.78 is 80.2. The predicted molar refractivity (Wildman–Crippen MR) is 114 cm³/mol. The third-order valence-corrected chi connectivity index (χ3v) is 5.88. The van der Waals surface area contributed by atoms with Gasteiger partial charge in [-0.2, -0.15) is 13.2 Å². The first-order valence-electron chi connectivity index (χ1n) is 10.3. The molecule has 182 valence electrons. The highest BCUT2D eigenvalue weighted by Crippen LogP contribution is 2.41. The number of hydrogen-bond donors (Lipinski definition) is 3. The number of aromatic amines is 1. The van der Waals surface area contributed by atoms with Gasteiger partial charge in [0.2, 0.25) is 0 Å². The summed E-state index contributed by atoms with van der Waals surface area (Å²) in [6.45, 7) is 4.15. The molecule has 3 aromatic rings. The lowest BCUT2D eigenvalue weighted by Gasteiger charge is -2.37. The molecule has 0 fully saturated rings. The first-order valence-corrected chi connectivity index (χ1v) is 10.3. The molecule has 1 aromatic carbocycles. The smallest absolute Gasteiger partial charge is 0.418 e. The third-order valence-electron chi connectivity index (χ3n) is 5.88. The molecule has 0 unspecified atom stereocenters. The normalized spacial score (nSPS) is 18.7. The van der Waals surface area contributed by atoms with Gasteiger partial charge in [0.05, 0.1) is 24.1 Å². The Labute approximate surface area is 190 Å². The van der Waals surface area contributed by atoms with E-state index in [1.165, 1.54) is 0 Å². The number of pyridine rings is 1. The van der Waals surface area contributed by atoms with E-state index < -0.39 is 45.7 Å². The molecule has 2 aromatic heterocycles. The van der Waals surface area contributed by atoms with E-state index >= 15 is 0 Å². The SMILES string of the molecule is CC(C)[C@]1(CO)CN=C(Nc2cc(F)c(Oc3ccnc4[nH]cc(C(F)(F)F)c34)c(F)c2)OC1. The first kappa shape index (κ1) is 23.7. The van der Waals surface area contributed by atoms with Crippen LogP contribution in [0, 0.1) is 23.0 Å². The van der Waals surface area contributed by atoms with Crippen LogP contribution < -0.4 is 10.1 Å². The Morgan fingerprint density at radius 2 is 1.97 bits per heavy atom. The molecular formula is C22H21F5N4O3. The van der Waals surface area contributed by atoms with Crippen molar-refractivity contribution in [1.29, 1.82) is 0 Å². The Bertz CT molecular complexity index is 1220. The van der Waals surface area contributed by atoms with Crippen molar-refractivity contribution in [3.05, 3.63) is 47.8 Å². The van der Waals surface area contributed by atoms with Gasteiger partial charge in [-0.1, -0.05) is 13.8 Å². The number of anilines is 1. The van der Waals surface area contributed by atoms with Crippen LogP contribution in [0.2, 0.25) is 0 Å². The fraction of sp³-hybridized carbons (Fsp3) is 0.364. The zero-order chi connectivity index (χ0) is 24.7. The molecule has 12 heteroatoms. The van der Waals surface area contributed by atoms with Gasteiger partial charge in [0.1, 0.15) is 18.0 Å². The number of fused-ring (bicyclic) bond motifs is 1. The van der Waals surface area contributed by atoms with Crippen molar-refractivity contribution in [2.45, 2.75) is 20.0 Å². The number of aliphatic hydroxyl groups excluding tert-OH is 1. The number of alkyl halides is 3. The Hall–Kier alpha value is -3.41. The number of ether oxygens (including phenoxy) is 2. The molecule has 0 amide bonds. The molecule has 34 heavy (non-hydrogen) atoms. The van der Waals surface area contributed by atoms with Crippen LogP contribution in [-0.4, -0.2) is 40.9 Å². The van der Waals surface area contributed by atoms with Gasteiger partial charge in [-0.25, -0.2) is 18.8 Å². The van der Waals surface area contributed by atoms with Gasteiger partial charge < -0.3 is 24.9 Å². The topological polar surface area (TPSA) is 91.8 Å². The molecule has 3 heterocycles. The molecule has 0 saturated heterocycles. The van der Waals surface area contributed by atoms with Gasteiger partial charge in [-0.05, 0) is 12.0 Å². The van der Waals surface area contributed by atoms with E-state index in [0.717, 1.165) is 24.4 Å². The van der Waals surface area contributed by atoms with Crippen LogP contribution in [0.3, 0.4) is 0 Å². The minimum absolute atomic E-state index is 0.0233. The molecule has 0 bridgehead atoms. The van der Waals surface area contributed by atoms with Gasteiger partial charge in [0, 0.05) is 35.6 Å². The average molecular weight is 484 g/mol. The third kappa shape index (κ3) is 4.37. The summed E-state index contributed by atoms with van der Waals surface area (Å²) in [6.07, 6.45) is -2.86. The largest absolute Gasteiger partial charge is 0.464 e. The van der Waals surface area contributed by atoms with E-state index in [9.17, 15) is 27.1 Å². The summed E-state index contributed by atoms with van der Waals surface area (Å²) in [7, 11) is 0. The van der Waals surface area contributed by atoms with Crippen molar-refractivity contribution in [1.82, 2.24) is 9.97 Å². The van der Waals surface area contributed by atoms with E-state index in [1.807, 2.05) is 13.8 Å². The summed E-state index contributed by atoms with van der Waals surface area (Å²) in [5.74, 6) is -3.50. The van der Waals surface area contributed by atoms with Crippen LogP contribution in [0.1, 0.15) is 19.4 Å². The second-order valence-corrected chi connectivity index (χ2v) is 8.31. The summed E-state index contributed by atoms with van der Waals surface area (Å²) in [5.41, 5.74) is -1.81. The van der Waals surface area contributed by atoms with E-state index in [2.05, 4.69) is 20.3 Å². The predicted octanol–water partition coefficient (Wildman–Crippen LogP) is 5.09. The van der Waals surface area contributed by atoms with Gasteiger partial charge in [-0.3, -0.25) is 0 Å². The number of benzene rings is 1. The molecule has 7 nitrogen and oxygen atoms in total. The number of nitrogens with zero attached hydrogens (tertiary/aromatic N) is 2. The number of amidine groups is 1. The number of halogens is 5. The second kappa shape index (κ2) is 8.75. The van der Waals surface area contributed by atoms with Crippen molar-refractivity contribution < 1.29 is 36.5 Å². The van der Waals surface area contributed by atoms with E-state index in [4.69, 9.17) is 9.47 Å². The van der Waals surface area contributed by atoms with E-state index in [1.54, 1.807) is 0 Å². The number of aromatic nitrogens is 2. The average Bonchev–Trinajstić information content (AvgIpc) is 3.22. The van der Waals surface area contributed by atoms with Crippen LogP contribution >= 0.6 is 0 Å². The van der Waals surface area contributed by atoms with Crippen molar-refractivity contribution in [3.8, 4) is 11.5 Å². The summed E-state index contributed by atoms with van der Waals surface area (Å²) in [4.78, 5) is 10.4. The van der Waals surface area contributed by atoms with Gasteiger partial charge in [0.25, 0.3) is 6.02 Å². The number of aliphatic hydroxyl groups is 1. The Morgan fingerprint density at radius 3 is 2.53 bits per heavy atom. The molecule has 0 aliphatic carbocycles. The molecule has 0 saturated carbocycles. The van der Waals surface area contributed by atoms with E-state index in [0.29, 0.717) is 6.20 Å². The lowest BCUT2D eigenvalue weighted by molar-refractivity contribution is -0.136. The number of nitrogens with one attached hydrogen (secondary N) is 2. The van der Waals surface area contributed by atoms with Crippen molar-refractivity contribution in [2.75, 3.05) is 25.1 Å². The molecule has 0 spiro atoms. The van der Waals surface area contributed by atoms with Crippen molar-refractivity contribution >= 4 is 22.7 Å². The second-order valence-electron chi connectivity index (χ2n) is 8.31. The fourth-order valence-corrected chi connectivity index (χ4v) is 3.53. The maximum Gasteiger partial charge on any atom is 0.418 e. The number of H-pyrrole nitrogens is 1. The zero-order valence-corrected chi connectivity index (χ0v) is 18.1. The maximum atomic E-state index is 14.7. The molecule has 0 radical (unpaired) electrons. The zero-order valence-electron chi connectivity index (χ0n) is 18.1.